The molecule has 0 radical (unpaired) electrons. The Labute approximate surface area is 208 Å². The van der Waals surface area contributed by atoms with Gasteiger partial charge in [0, 0.05) is 37.7 Å². The zero-order valence-corrected chi connectivity index (χ0v) is 21.5. The van der Waals surface area contributed by atoms with Gasteiger partial charge in [0.05, 0.1) is 11.0 Å². The maximum Gasteiger partial charge on any atom is 0.302 e. The normalized spacial score (nSPS) is 36.6. The zero-order valence-electron chi connectivity index (χ0n) is 21.5. The van der Waals surface area contributed by atoms with Gasteiger partial charge in [-0.05, 0) is 79.4 Å². The largest absolute Gasteiger partial charge is 0.462 e. The zero-order chi connectivity index (χ0) is 24.4. The van der Waals surface area contributed by atoms with Crippen molar-refractivity contribution in [2.45, 2.75) is 71.8 Å². The minimum atomic E-state index is -0.150. The third-order valence-electron chi connectivity index (χ3n) is 10.0. The van der Waals surface area contributed by atoms with Crippen molar-refractivity contribution >= 4 is 28.9 Å². The van der Waals surface area contributed by atoms with Crippen molar-refractivity contribution in [1.29, 1.82) is 0 Å². The predicted molar refractivity (Wildman–Crippen MR) is 140 cm³/mol. The average molecular weight is 472 g/mol. The molecule has 184 valence electrons. The number of allylic oxidation sites excluding steroid dienone is 3. The summed E-state index contributed by atoms with van der Waals surface area (Å²) in [6, 6.07) is 8.47. The maximum absolute atomic E-state index is 11.6. The van der Waals surface area contributed by atoms with E-state index in [9.17, 15) is 4.79 Å². The van der Waals surface area contributed by atoms with Gasteiger partial charge in [0.2, 0.25) is 0 Å². The topological polar surface area (TPSA) is 56.5 Å². The Morgan fingerprint density at radius 1 is 1.14 bits per heavy atom. The van der Waals surface area contributed by atoms with Crippen LogP contribution in [0, 0.1) is 28.6 Å². The number of ether oxygens (including phenoxy) is 1. The number of hydrogen-bond donors (Lipinski definition) is 0. The first-order valence-corrected chi connectivity index (χ1v) is 13.3. The molecule has 5 nitrogen and oxygen atoms in total. The Morgan fingerprint density at radius 2 is 1.94 bits per heavy atom. The van der Waals surface area contributed by atoms with E-state index in [1.807, 2.05) is 13.4 Å². The number of aromatic nitrogens is 2. The minimum absolute atomic E-state index is 0.0545. The third kappa shape index (κ3) is 3.37. The number of para-hydroxylation sites is 2. The highest BCUT2D eigenvalue weighted by molar-refractivity contribution is 5.92. The van der Waals surface area contributed by atoms with Crippen molar-refractivity contribution in [3.63, 3.8) is 0 Å². The lowest BCUT2D eigenvalue weighted by molar-refractivity contribution is -0.148. The first-order valence-electron chi connectivity index (χ1n) is 13.3. The molecule has 6 rings (SSSR count). The second-order valence-corrected chi connectivity index (χ2v) is 11.8. The van der Waals surface area contributed by atoms with Gasteiger partial charge in [-0.1, -0.05) is 37.6 Å². The number of nitrogens with zero attached hydrogens (tertiary/aromatic N) is 3. The van der Waals surface area contributed by atoms with Gasteiger partial charge in [-0.25, -0.2) is 4.98 Å². The molecule has 4 aliphatic rings. The van der Waals surface area contributed by atoms with Crippen LogP contribution in [0.25, 0.3) is 16.7 Å². The fourth-order valence-corrected chi connectivity index (χ4v) is 8.49. The van der Waals surface area contributed by atoms with Gasteiger partial charge < -0.3 is 9.30 Å². The standard InChI is InChI=1S/C30H37N3O2/c1-19(34)35-22-11-13-29(2)21(16-22)9-10-23-24(29)12-14-30(3)25(23)15-20(17-31-4)28(30)33-18-32-26-7-5-6-8-27(26)33/h5-9,17-18,22-25H,10-16H2,1-4H3/b31-17+/t22-,23?,24?,25?,29-,30-/m0/s1. The van der Waals surface area contributed by atoms with Gasteiger partial charge in [-0.2, -0.15) is 0 Å². The van der Waals surface area contributed by atoms with E-state index in [1.165, 1.54) is 36.6 Å². The van der Waals surface area contributed by atoms with Crippen LogP contribution in [-0.2, 0) is 9.53 Å². The van der Waals surface area contributed by atoms with E-state index < -0.39 is 0 Å². The van der Waals surface area contributed by atoms with Crippen molar-refractivity contribution in [2.75, 3.05) is 7.05 Å². The molecule has 2 saturated carbocycles. The summed E-state index contributed by atoms with van der Waals surface area (Å²) >= 11 is 0. The van der Waals surface area contributed by atoms with Crippen molar-refractivity contribution in [1.82, 2.24) is 9.55 Å². The Bertz CT molecular complexity index is 1270. The quantitative estimate of drug-likeness (QED) is 0.294. The smallest absolute Gasteiger partial charge is 0.302 e. The number of hydrogen-bond acceptors (Lipinski definition) is 4. The lowest BCUT2D eigenvalue weighted by Gasteiger charge is -2.57. The number of carbonyl (C=O) groups is 1. The molecule has 1 aromatic heterocycles. The Morgan fingerprint density at radius 3 is 2.74 bits per heavy atom. The van der Waals surface area contributed by atoms with Crippen LogP contribution in [0.2, 0.25) is 0 Å². The van der Waals surface area contributed by atoms with E-state index >= 15 is 0 Å². The number of aliphatic imine (C=N–C) groups is 1. The first-order chi connectivity index (χ1) is 16.8. The molecule has 0 spiro atoms. The summed E-state index contributed by atoms with van der Waals surface area (Å²) in [4.78, 5) is 20.8. The van der Waals surface area contributed by atoms with Crippen LogP contribution < -0.4 is 0 Å². The highest BCUT2D eigenvalue weighted by atomic mass is 16.5. The fourth-order valence-electron chi connectivity index (χ4n) is 8.49. The number of carbonyl (C=O) groups excluding carboxylic acids is 1. The van der Waals surface area contributed by atoms with E-state index in [4.69, 9.17) is 9.72 Å². The van der Waals surface area contributed by atoms with Gasteiger partial charge in [-0.3, -0.25) is 9.79 Å². The summed E-state index contributed by atoms with van der Waals surface area (Å²) in [5.74, 6) is 1.81. The van der Waals surface area contributed by atoms with E-state index in [0.29, 0.717) is 17.8 Å². The molecule has 2 aromatic rings. The minimum Gasteiger partial charge on any atom is -0.462 e. The van der Waals surface area contributed by atoms with Gasteiger partial charge in [-0.15, -0.1) is 0 Å². The molecule has 5 heteroatoms. The number of rotatable bonds is 3. The maximum atomic E-state index is 11.6. The lowest BCUT2D eigenvalue weighted by Crippen LogP contribution is -2.50. The van der Waals surface area contributed by atoms with Crippen LogP contribution in [0.4, 0.5) is 0 Å². The van der Waals surface area contributed by atoms with Crippen LogP contribution in [0.5, 0.6) is 0 Å². The monoisotopic (exact) mass is 471 g/mol. The van der Waals surface area contributed by atoms with Crippen molar-refractivity contribution in [3.05, 3.63) is 47.8 Å². The number of benzene rings is 1. The first kappa shape index (κ1) is 22.8. The van der Waals surface area contributed by atoms with Crippen LogP contribution in [0.3, 0.4) is 0 Å². The van der Waals surface area contributed by atoms with Crippen molar-refractivity contribution in [2.24, 2.45) is 33.6 Å². The summed E-state index contributed by atoms with van der Waals surface area (Å²) in [6.45, 7) is 6.55. The van der Waals surface area contributed by atoms with Crippen LogP contribution in [-0.4, -0.2) is 34.9 Å². The molecule has 35 heavy (non-hydrogen) atoms. The van der Waals surface area contributed by atoms with Crippen LogP contribution in [0.15, 0.2) is 52.8 Å². The van der Waals surface area contributed by atoms with Crippen molar-refractivity contribution in [3.8, 4) is 0 Å². The van der Waals surface area contributed by atoms with Crippen molar-refractivity contribution < 1.29 is 9.53 Å². The SMILES string of the molecule is C/N=C/C1=C(n2cnc3ccccc32)[C@@]2(C)CCC3C(CC=C4C[C@@H](OC(C)=O)CC[C@@]43C)C2C1. The van der Waals surface area contributed by atoms with Gasteiger partial charge in [0.1, 0.15) is 12.4 Å². The van der Waals surface area contributed by atoms with Gasteiger partial charge in [0.15, 0.2) is 0 Å². The van der Waals surface area contributed by atoms with Crippen LogP contribution >= 0.6 is 0 Å². The molecule has 1 heterocycles. The molecule has 0 aliphatic heterocycles. The van der Waals surface area contributed by atoms with Gasteiger partial charge >= 0.3 is 5.97 Å². The summed E-state index contributed by atoms with van der Waals surface area (Å²) < 4.78 is 7.99. The van der Waals surface area contributed by atoms with E-state index in [-0.39, 0.29) is 22.9 Å². The molecule has 2 fully saturated rings. The van der Waals surface area contributed by atoms with Gasteiger partial charge in [0.25, 0.3) is 0 Å². The van der Waals surface area contributed by atoms with E-state index in [0.717, 1.165) is 37.6 Å². The van der Waals surface area contributed by atoms with E-state index in [1.54, 1.807) is 5.57 Å². The molecule has 1 aromatic carbocycles. The molecule has 6 atom stereocenters. The Balaban J connectivity index is 1.37. The predicted octanol–water partition coefficient (Wildman–Crippen LogP) is 6.45. The molecule has 4 aliphatic carbocycles. The lowest BCUT2D eigenvalue weighted by atomic mass is 9.47. The molecule has 3 unspecified atom stereocenters. The average Bonchev–Trinajstić information content (AvgIpc) is 3.37. The second kappa shape index (κ2) is 8.18. The Kier molecular flexibility index (Phi) is 5.32. The summed E-state index contributed by atoms with van der Waals surface area (Å²) in [5.41, 5.74) is 6.91. The Hall–Kier alpha value is -2.69. The fraction of sp³-hybridized carbons (Fsp3) is 0.567. The second-order valence-electron chi connectivity index (χ2n) is 11.8. The third-order valence-corrected chi connectivity index (χ3v) is 10.0. The molecular formula is C30H37N3O2. The summed E-state index contributed by atoms with van der Waals surface area (Å²) in [6.07, 6.45) is 14.4. The summed E-state index contributed by atoms with van der Waals surface area (Å²) in [7, 11) is 1.89. The molecule has 0 bridgehead atoms. The highest BCUT2D eigenvalue weighted by Gasteiger charge is 2.58. The highest BCUT2D eigenvalue weighted by Crippen LogP contribution is 2.66. The summed E-state index contributed by atoms with van der Waals surface area (Å²) in [5, 5.41) is 0. The molecule has 0 amide bonds. The molecule has 0 N–H and O–H groups in total. The molecular weight excluding hydrogens is 434 g/mol. The number of imidazole rings is 1. The number of esters is 1. The molecule has 0 saturated heterocycles. The number of fused-ring (bicyclic) bond motifs is 6. The van der Waals surface area contributed by atoms with Crippen LogP contribution in [0.1, 0.15) is 65.7 Å². The van der Waals surface area contributed by atoms with E-state index in [2.05, 4.69) is 60.0 Å².